The summed E-state index contributed by atoms with van der Waals surface area (Å²) in [6.07, 6.45) is 2.55. The van der Waals surface area contributed by atoms with E-state index in [9.17, 15) is 5.26 Å². The second-order valence-electron chi connectivity index (χ2n) is 7.14. The van der Waals surface area contributed by atoms with Gasteiger partial charge in [-0.15, -0.1) is 11.3 Å². The standard InChI is InChI=1S/C21H24N6OS/c1-13(8-14(2)23)11-28-19-5-4-16(9-17(19)10-22)18-6-7-24-20(26-18)27-21-25-15(3)12-29-21/h4-7,9,12-14H,8,11,23H2,1-3H3,(H,24,25,26,27). The highest BCUT2D eigenvalue weighted by atomic mass is 32.1. The summed E-state index contributed by atoms with van der Waals surface area (Å²) >= 11 is 1.50. The van der Waals surface area contributed by atoms with Crippen molar-refractivity contribution in [3.63, 3.8) is 0 Å². The van der Waals surface area contributed by atoms with E-state index in [1.165, 1.54) is 11.3 Å². The molecule has 0 amide bonds. The van der Waals surface area contributed by atoms with Crippen molar-refractivity contribution < 1.29 is 4.74 Å². The Hall–Kier alpha value is -3.02. The van der Waals surface area contributed by atoms with E-state index >= 15 is 0 Å². The first-order chi connectivity index (χ1) is 13.9. The lowest BCUT2D eigenvalue weighted by molar-refractivity contribution is 0.246. The van der Waals surface area contributed by atoms with E-state index in [2.05, 4.69) is 33.3 Å². The third-order valence-corrected chi connectivity index (χ3v) is 5.06. The second kappa shape index (κ2) is 9.45. The first kappa shape index (κ1) is 20.7. The monoisotopic (exact) mass is 408 g/mol. The van der Waals surface area contributed by atoms with Crippen LogP contribution in [0.1, 0.15) is 31.5 Å². The van der Waals surface area contributed by atoms with Gasteiger partial charge < -0.3 is 15.8 Å². The number of rotatable bonds is 8. The Morgan fingerprint density at radius 3 is 2.79 bits per heavy atom. The van der Waals surface area contributed by atoms with Crippen LogP contribution in [0.4, 0.5) is 11.1 Å². The number of anilines is 2. The Kier molecular flexibility index (Phi) is 6.75. The van der Waals surface area contributed by atoms with Gasteiger partial charge in [-0.3, -0.25) is 0 Å². The van der Waals surface area contributed by atoms with Gasteiger partial charge in [-0.1, -0.05) is 6.92 Å². The minimum atomic E-state index is 0.125. The fourth-order valence-corrected chi connectivity index (χ4v) is 3.61. The predicted molar refractivity (Wildman–Crippen MR) is 115 cm³/mol. The van der Waals surface area contributed by atoms with E-state index in [1.807, 2.05) is 31.4 Å². The number of aromatic nitrogens is 3. The summed E-state index contributed by atoms with van der Waals surface area (Å²) in [5.41, 5.74) is 8.78. The van der Waals surface area contributed by atoms with Crippen molar-refractivity contribution in [2.75, 3.05) is 11.9 Å². The summed E-state index contributed by atoms with van der Waals surface area (Å²) in [7, 11) is 0. The van der Waals surface area contributed by atoms with Gasteiger partial charge in [0.2, 0.25) is 5.95 Å². The highest BCUT2D eigenvalue weighted by Gasteiger charge is 2.11. The average Bonchev–Trinajstić information content (AvgIpc) is 3.10. The summed E-state index contributed by atoms with van der Waals surface area (Å²) in [4.78, 5) is 13.1. The molecule has 3 aromatic rings. The van der Waals surface area contributed by atoms with Gasteiger partial charge in [-0.05, 0) is 50.5 Å². The molecular formula is C21H24N6OS. The highest BCUT2D eigenvalue weighted by Crippen LogP contribution is 2.27. The Balaban J connectivity index is 1.75. The summed E-state index contributed by atoms with van der Waals surface area (Å²) < 4.78 is 5.86. The molecule has 0 saturated carbocycles. The minimum Gasteiger partial charge on any atom is -0.492 e. The number of thiazole rings is 1. The molecule has 0 aliphatic carbocycles. The number of aryl methyl sites for hydroxylation is 1. The van der Waals surface area contributed by atoms with Crippen LogP contribution in [-0.2, 0) is 0 Å². The van der Waals surface area contributed by atoms with Gasteiger partial charge in [0.15, 0.2) is 5.13 Å². The molecule has 150 valence electrons. The van der Waals surface area contributed by atoms with Gasteiger partial charge in [-0.2, -0.15) is 5.26 Å². The fraction of sp³-hybridized carbons (Fsp3) is 0.333. The number of nitrogens with zero attached hydrogens (tertiary/aromatic N) is 4. The maximum absolute atomic E-state index is 9.55. The quantitative estimate of drug-likeness (QED) is 0.572. The second-order valence-corrected chi connectivity index (χ2v) is 7.99. The van der Waals surface area contributed by atoms with Crippen LogP contribution in [0.5, 0.6) is 5.75 Å². The lowest BCUT2D eigenvalue weighted by atomic mass is 10.0. The van der Waals surface area contributed by atoms with Crippen LogP contribution in [0, 0.1) is 24.2 Å². The lowest BCUT2D eigenvalue weighted by Gasteiger charge is -2.16. The number of hydrogen-bond acceptors (Lipinski definition) is 8. The number of ether oxygens (including phenoxy) is 1. The molecule has 1 aromatic carbocycles. The molecule has 8 heteroatoms. The number of nitrogens with one attached hydrogen (secondary N) is 1. The molecule has 0 saturated heterocycles. The Labute approximate surface area is 174 Å². The molecule has 2 unspecified atom stereocenters. The molecule has 2 heterocycles. The van der Waals surface area contributed by atoms with Gasteiger partial charge in [-0.25, -0.2) is 15.0 Å². The molecule has 0 radical (unpaired) electrons. The van der Waals surface area contributed by atoms with E-state index < -0.39 is 0 Å². The molecule has 0 spiro atoms. The maximum Gasteiger partial charge on any atom is 0.229 e. The summed E-state index contributed by atoms with van der Waals surface area (Å²) in [6, 6.07) is 9.63. The van der Waals surface area contributed by atoms with Crippen LogP contribution in [0.15, 0.2) is 35.8 Å². The number of hydrogen-bond donors (Lipinski definition) is 2. The predicted octanol–water partition coefficient (Wildman–Crippen LogP) is 4.28. The van der Waals surface area contributed by atoms with Crippen molar-refractivity contribution in [2.45, 2.75) is 33.2 Å². The Morgan fingerprint density at radius 1 is 1.28 bits per heavy atom. The zero-order chi connectivity index (χ0) is 20.8. The van der Waals surface area contributed by atoms with E-state index in [4.69, 9.17) is 10.5 Å². The Morgan fingerprint density at radius 2 is 2.10 bits per heavy atom. The summed E-state index contributed by atoms with van der Waals surface area (Å²) in [5, 5.41) is 15.4. The van der Waals surface area contributed by atoms with Crippen molar-refractivity contribution in [1.29, 1.82) is 5.26 Å². The van der Waals surface area contributed by atoms with Gasteiger partial charge >= 0.3 is 0 Å². The zero-order valence-corrected chi connectivity index (χ0v) is 17.5. The van der Waals surface area contributed by atoms with Crippen LogP contribution in [0.3, 0.4) is 0 Å². The molecule has 0 bridgehead atoms. The number of benzene rings is 1. The highest BCUT2D eigenvalue weighted by molar-refractivity contribution is 7.13. The van der Waals surface area contributed by atoms with Crippen LogP contribution in [-0.4, -0.2) is 27.6 Å². The number of nitriles is 1. The van der Waals surface area contributed by atoms with Gasteiger partial charge in [0.1, 0.15) is 11.8 Å². The smallest absolute Gasteiger partial charge is 0.229 e. The fourth-order valence-electron chi connectivity index (χ4n) is 2.92. The topological polar surface area (TPSA) is 110 Å². The largest absolute Gasteiger partial charge is 0.492 e. The molecule has 3 N–H and O–H groups in total. The molecule has 29 heavy (non-hydrogen) atoms. The van der Waals surface area contributed by atoms with Crippen molar-refractivity contribution in [2.24, 2.45) is 11.7 Å². The molecule has 0 fully saturated rings. The molecule has 0 aliphatic rings. The molecular weight excluding hydrogens is 384 g/mol. The lowest BCUT2D eigenvalue weighted by Crippen LogP contribution is -2.21. The summed E-state index contributed by atoms with van der Waals surface area (Å²) in [5.74, 6) is 1.34. The van der Waals surface area contributed by atoms with Gasteiger partial charge in [0.25, 0.3) is 0 Å². The SMILES string of the molecule is Cc1csc(Nc2nccc(-c3ccc(OCC(C)CC(C)N)c(C#N)c3)n2)n1. The molecule has 7 nitrogen and oxygen atoms in total. The first-order valence-electron chi connectivity index (χ1n) is 9.39. The van der Waals surface area contributed by atoms with Crippen molar-refractivity contribution in [1.82, 2.24) is 15.0 Å². The van der Waals surface area contributed by atoms with Crippen LogP contribution >= 0.6 is 11.3 Å². The van der Waals surface area contributed by atoms with E-state index in [0.29, 0.717) is 35.5 Å². The maximum atomic E-state index is 9.55. The molecule has 0 aliphatic heterocycles. The Bertz CT molecular complexity index is 1010. The van der Waals surface area contributed by atoms with Crippen LogP contribution in [0.2, 0.25) is 0 Å². The van der Waals surface area contributed by atoms with Gasteiger partial charge in [0, 0.05) is 23.2 Å². The molecule has 2 atom stereocenters. The van der Waals surface area contributed by atoms with E-state index in [0.717, 1.165) is 22.8 Å². The minimum absolute atomic E-state index is 0.125. The third-order valence-electron chi connectivity index (χ3n) is 4.19. The van der Waals surface area contributed by atoms with Crippen molar-refractivity contribution >= 4 is 22.4 Å². The van der Waals surface area contributed by atoms with Crippen LogP contribution in [0.25, 0.3) is 11.3 Å². The first-order valence-corrected chi connectivity index (χ1v) is 10.3. The van der Waals surface area contributed by atoms with Gasteiger partial charge in [0.05, 0.1) is 23.6 Å². The zero-order valence-electron chi connectivity index (χ0n) is 16.7. The molecule has 2 aromatic heterocycles. The van der Waals surface area contributed by atoms with Crippen LogP contribution < -0.4 is 15.8 Å². The van der Waals surface area contributed by atoms with E-state index in [1.54, 1.807) is 18.3 Å². The van der Waals surface area contributed by atoms with Crippen molar-refractivity contribution in [3.8, 4) is 23.1 Å². The van der Waals surface area contributed by atoms with Crippen molar-refractivity contribution in [3.05, 3.63) is 47.1 Å². The van der Waals surface area contributed by atoms with E-state index in [-0.39, 0.29) is 6.04 Å². The number of nitrogens with two attached hydrogens (primary N) is 1. The molecule has 3 rings (SSSR count). The third kappa shape index (κ3) is 5.73. The summed E-state index contributed by atoms with van der Waals surface area (Å²) in [6.45, 7) is 6.52. The average molecular weight is 409 g/mol. The normalized spacial score (nSPS) is 12.8.